The molecule has 0 spiro atoms. The standard InChI is InChI=1S/C14H14N4O3/c1-21-5-4-18-8-10(7-15-18)13-16-11-3-2-9(14(19)20)6-12(11)17-13/h2-3,6-8H,4-5H2,1H3,(H,16,17)(H,19,20). The summed E-state index contributed by atoms with van der Waals surface area (Å²) in [6.45, 7) is 1.25. The summed E-state index contributed by atoms with van der Waals surface area (Å²) in [5.74, 6) is -0.295. The van der Waals surface area contributed by atoms with Gasteiger partial charge in [0.1, 0.15) is 5.82 Å². The summed E-state index contributed by atoms with van der Waals surface area (Å²) in [5.41, 5.74) is 2.49. The fourth-order valence-corrected chi connectivity index (χ4v) is 2.07. The molecule has 2 aromatic heterocycles. The predicted molar refractivity (Wildman–Crippen MR) is 76.2 cm³/mol. The van der Waals surface area contributed by atoms with Gasteiger partial charge in [0.25, 0.3) is 0 Å². The van der Waals surface area contributed by atoms with E-state index >= 15 is 0 Å². The number of carboxylic acids is 1. The van der Waals surface area contributed by atoms with E-state index < -0.39 is 5.97 Å². The lowest BCUT2D eigenvalue weighted by Crippen LogP contribution is -2.03. The normalized spacial score (nSPS) is 11.1. The van der Waals surface area contributed by atoms with Crippen molar-refractivity contribution < 1.29 is 14.6 Å². The highest BCUT2D eigenvalue weighted by atomic mass is 16.5. The summed E-state index contributed by atoms with van der Waals surface area (Å²) in [5, 5.41) is 13.2. The van der Waals surface area contributed by atoms with Crippen molar-refractivity contribution in [2.24, 2.45) is 0 Å². The molecule has 0 aliphatic carbocycles. The SMILES string of the molecule is COCCn1cc(-c2nc3ccc(C(=O)O)cc3[nH]2)cn1. The van der Waals surface area contributed by atoms with E-state index in [1.54, 1.807) is 30.1 Å². The first-order valence-electron chi connectivity index (χ1n) is 6.42. The van der Waals surface area contributed by atoms with Crippen molar-refractivity contribution in [3.05, 3.63) is 36.2 Å². The molecule has 0 unspecified atom stereocenters. The number of H-pyrrole nitrogens is 1. The van der Waals surface area contributed by atoms with Crippen LogP contribution in [0.15, 0.2) is 30.6 Å². The average molecular weight is 286 g/mol. The van der Waals surface area contributed by atoms with Crippen LogP contribution in [-0.4, -0.2) is 44.5 Å². The largest absolute Gasteiger partial charge is 0.478 e. The minimum atomic E-state index is -0.958. The Hall–Kier alpha value is -2.67. The predicted octanol–water partition coefficient (Wildman–Crippen LogP) is 1.77. The summed E-state index contributed by atoms with van der Waals surface area (Å²) in [4.78, 5) is 18.5. The van der Waals surface area contributed by atoms with Gasteiger partial charge < -0.3 is 14.8 Å². The molecule has 0 radical (unpaired) electrons. The third-order valence-corrected chi connectivity index (χ3v) is 3.16. The molecule has 0 atom stereocenters. The van der Waals surface area contributed by atoms with Crippen LogP contribution in [0.5, 0.6) is 0 Å². The van der Waals surface area contributed by atoms with E-state index in [0.717, 1.165) is 11.1 Å². The van der Waals surface area contributed by atoms with E-state index in [4.69, 9.17) is 9.84 Å². The Kier molecular flexibility index (Phi) is 3.41. The minimum absolute atomic E-state index is 0.230. The van der Waals surface area contributed by atoms with Gasteiger partial charge in [-0.05, 0) is 18.2 Å². The Morgan fingerprint density at radius 3 is 3.10 bits per heavy atom. The second-order valence-corrected chi connectivity index (χ2v) is 4.61. The van der Waals surface area contributed by atoms with Gasteiger partial charge in [-0.2, -0.15) is 5.10 Å². The second-order valence-electron chi connectivity index (χ2n) is 4.61. The number of nitrogens with one attached hydrogen (secondary N) is 1. The van der Waals surface area contributed by atoms with Crippen LogP contribution in [0.4, 0.5) is 0 Å². The molecule has 0 aliphatic rings. The van der Waals surface area contributed by atoms with Gasteiger partial charge in [-0.1, -0.05) is 0 Å². The van der Waals surface area contributed by atoms with Crippen molar-refractivity contribution in [2.45, 2.75) is 6.54 Å². The van der Waals surface area contributed by atoms with Crippen molar-refractivity contribution in [3.8, 4) is 11.4 Å². The maximum Gasteiger partial charge on any atom is 0.335 e. The molecule has 3 aromatic rings. The van der Waals surface area contributed by atoms with Crippen LogP contribution in [0.2, 0.25) is 0 Å². The molecule has 0 fully saturated rings. The van der Waals surface area contributed by atoms with Gasteiger partial charge in [-0.15, -0.1) is 0 Å². The minimum Gasteiger partial charge on any atom is -0.478 e. The van der Waals surface area contributed by atoms with Crippen LogP contribution in [0.25, 0.3) is 22.4 Å². The molecule has 7 heteroatoms. The zero-order valence-electron chi connectivity index (χ0n) is 11.4. The van der Waals surface area contributed by atoms with E-state index in [2.05, 4.69) is 15.1 Å². The Bertz CT molecular complexity index is 790. The Balaban J connectivity index is 1.93. The molecule has 0 aliphatic heterocycles. The van der Waals surface area contributed by atoms with Crippen molar-refractivity contribution in [1.82, 2.24) is 19.7 Å². The van der Waals surface area contributed by atoms with Crippen LogP contribution < -0.4 is 0 Å². The number of rotatable bonds is 5. The van der Waals surface area contributed by atoms with Crippen molar-refractivity contribution in [1.29, 1.82) is 0 Å². The van der Waals surface area contributed by atoms with E-state index in [-0.39, 0.29) is 5.56 Å². The molecule has 1 aromatic carbocycles. The number of nitrogens with zero attached hydrogens (tertiary/aromatic N) is 3. The van der Waals surface area contributed by atoms with Gasteiger partial charge in [0.15, 0.2) is 0 Å². The summed E-state index contributed by atoms with van der Waals surface area (Å²) >= 11 is 0. The first kappa shape index (κ1) is 13.3. The van der Waals surface area contributed by atoms with Crippen LogP contribution in [0, 0.1) is 0 Å². The van der Waals surface area contributed by atoms with E-state index in [1.165, 1.54) is 6.07 Å². The van der Waals surface area contributed by atoms with Gasteiger partial charge >= 0.3 is 5.97 Å². The van der Waals surface area contributed by atoms with Crippen LogP contribution in [-0.2, 0) is 11.3 Å². The average Bonchev–Trinajstić information content (AvgIpc) is 3.10. The quantitative estimate of drug-likeness (QED) is 0.745. The molecular weight excluding hydrogens is 272 g/mol. The van der Waals surface area contributed by atoms with E-state index in [1.807, 2.05) is 6.20 Å². The van der Waals surface area contributed by atoms with E-state index in [9.17, 15) is 4.79 Å². The molecule has 0 saturated heterocycles. The third-order valence-electron chi connectivity index (χ3n) is 3.16. The molecule has 0 bridgehead atoms. The number of hydrogen-bond acceptors (Lipinski definition) is 4. The molecule has 108 valence electrons. The van der Waals surface area contributed by atoms with Crippen LogP contribution >= 0.6 is 0 Å². The smallest absolute Gasteiger partial charge is 0.335 e. The molecule has 3 rings (SSSR count). The van der Waals surface area contributed by atoms with Gasteiger partial charge in [0, 0.05) is 13.3 Å². The molecule has 0 amide bonds. The number of methoxy groups -OCH3 is 1. The Morgan fingerprint density at radius 1 is 1.48 bits per heavy atom. The lowest BCUT2D eigenvalue weighted by molar-refractivity contribution is 0.0697. The highest BCUT2D eigenvalue weighted by Gasteiger charge is 2.10. The van der Waals surface area contributed by atoms with Crippen LogP contribution in [0.1, 0.15) is 10.4 Å². The Labute approximate surface area is 120 Å². The van der Waals surface area contributed by atoms with Crippen molar-refractivity contribution in [3.63, 3.8) is 0 Å². The maximum absolute atomic E-state index is 11.0. The zero-order valence-corrected chi connectivity index (χ0v) is 11.4. The zero-order chi connectivity index (χ0) is 14.8. The number of aromatic amines is 1. The van der Waals surface area contributed by atoms with Gasteiger partial charge in [-0.25, -0.2) is 9.78 Å². The number of carbonyl (C=O) groups is 1. The lowest BCUT2D eigenvalue weighted by atomic mass is 10.2. The van der Waals surface area contributed by atoms with Crippen LogP contribution in [0.3, 0.4) is 0 Å². The second kappa shape index (κ2) is 5.37. The van der Waals surface area contributed by atoms with E-state index in [0.29, 0.717) is 24.5 Å². The summed E-state index contributed by atoms with van der Waals surface area (Å²) in [6.07, 6.45) is 3.58. The van der Waals surface area contributed by atoms with Gasteiger partial charge in [-0.3, -0.25) is 4.68 Å². The first-order chi connectivity index (χ1) is 10.2. The molecule has 2 heterocycles. The summed E-state index contributed by atoms with van der Waals surface area (Å²) in [7, 11) is 1.64. The highest BCUT2D eigenvalue weighted by Crippen LogP contribution is 2.21. The number of benzene rings is 1. The Morgan fingerprint density at radius 2 is 2.33 bits per heavy atom. The number of aromatic carboxylic acids is 1. The van der Waals surface area contributed by atoms with Gasteiger partial charge in [0.05, 0.1) is 41.5 Å². The topological polar surface area (TPSA) is 93.0 Å². The number of carboxylic acid groups (broad SMARTS) is 1. The molecule has 7 nitrogen and oxygen atoms in total. The molecule has 0 saturated carbocycles. The summed E-state index contributed by atoms with van der Waals surface area (Å²) in [6, 6.07) is 4.80. The monoisotopic (exact) mass is 286 g/mol. The van der Waals surface area contributed by atoms with Crippen molar-refractivity contribution in [2.75, 3.05) is 13.7 Å². The first-order valence-corrected chi connectivity index (χ1v) is 6.42. The molecule has 2 N–H and O–H groups in total. The lowest BCUT2D eigenvalue weighted by Gasteiger charge is -1.97. The van der Waals surface area contributed by atoms with Crippen molar-refractivity contribution >= 4 is 17.0 Å². The number of fused-ring (bicyclic) bond motifs is 1. The number of ether oxygens (including phenoxy) is 1. The fourth-order valence-electron chi connectivity index (χ4n) is 2.07. The van der Waals surface area contributed by atoms with Gasteiger partial charge in [0.2, 0.25) is 0 Å². The maximum atomic E-state index is 11.0. The molecular formula is C14H14N4O3. The molecule has 21 heavy (non-hydrogen) atoms. The number of aromatic nitrogens is 4. The number of hydrogen-bond donors (Lipinski definition) is 2. The third kappa shape index (κ3) is 2.63. The highest BCUT2D eigenvalue weighted by molar-refractivity contribution is 5.92. The number of imidazole rings is 1. The fraction of sp³-hybridized carbons (Fsp3) is 0.214. The summed E-state index contributed by atoms with van der Waals surface area (Å²) < 4.78 is 6.78.